The molecule has 0 saturated carbocycles. The van der Waals surface area contributed by atoms with Crippen molar-refractivity contribution in [3.8, 4) is 33.4 Å². The van der Waals surface area contributed by atoms with Crippen LogP contribution in [0.1, 0.15) is 25.0 Å². The minimum Gasteiger partial charge on any atom is -0.456 e. The molecule has 11 aromatic rings. The standard InChI is InChI=1S/C51H32O2/c1-51(2)40-21-11-9-20-37(40)47-39(28-44-49(50(47)51)48-31-14-4-3-13-29(31)23-26-43(48)53-44)46-35-18-7-5-16-33(35)45(34-17-6-8-19-36(34)46)30-24-25-42-38(27-30)32-15-10-12-22-41(32)52-42/h3-28H,1-2H3. The van der Waals surface area contributed by atoms with Crippen LogP contribution < -0.4 is 0 Å². The minimum absolute atomic E-state index is 0.248. The number of hydrogen-bond donors (Lipinski definition) is 0. The molecule has 0 atom stereocenters. The van der Waals surface area contributed by atoms with Gasteiger partial charge in [0, 0.05) is 27.0 Å². The molecule has 0 amide bonds. The topological polar surface area (TPSA) is 26.3 Å². The highest BCUT2D eigenvalue weighted by Gasteiger charge is 2.40. The van der Waals surface area contributed by atoms with Crippen molar-refractivity contribution in [2.24, 2.45) is 0 Å². The summed E-state index contributed by atoms with van der Waals surface area (Å²) in [5.74, 6) is 0. The largest absolute Gasteiger partial charge is 0.456 e. The van der Waals surface area contributed by atoms with Gasteiger partial charge >= 0.3 is 0 Å². The van der Waals surface area contributed by atoms with E-state index < -0.39 is 0 Å². The van der Waals surface area contributed by atoms with Gasteiger partial charge in [-0.2, -0.15) is 0 Å². The number of fused-ring (bicyclic) bond motifs is 14. The Balaban J connectivity index is 1.25. The maximum atomic E-state index is 6.92. The molecule has 2 heterocycles. The predicted octanol–water partition coefficient (Wildman–Crippen LogP) is 14.6. The molecule has 0 radical (unpaired) electrons. The molecule has 1 aliphatic carbocycles. The molecule has 2 nitrogen and oxygen atoms in total. The lowest BCUT2D eigenvalue weighted by Gasteiger charge is -2.24. The highest BCUT2D eigenvalue weighted by Crippen LogP contribution is 2.58. The Kier molecular flexibility index (Phi) is 5.60. The van der Waals surface area contributed by atoms with Crippen LogP contribution in [0.2, 0.25) is 0 Å². The molecule has 0 bridgehead atoms. The van der Waals surface area contributed by atoms with Gasteiger partial charge in [-0.15, -0.1) is 0 Å². The molecular weight excluding hydrogens is 645 g/mol. The summed E-state index contributed by atoms with van der Waals surface area (Å²) in [6.45, 7) is 4.78. The van der Waals surface area contributed by atoms with E-state index in [9.17, 15) is 0 Å². The van der Waals surface area contributed by atoms with Crippen LogP contribution >= 0.6 is 0 Å². The zero-order chi connectivity index (χ0) is 35.0. The van der Waals surface area contributed by atoms with E-state index in [2.05, 4.69) is 159 Å². The summed E-state index contributed by atoms with van der Waals surface area (Å²) in [7, 11) is 0. The summed E-state index contributed by atoms with van der Waals surface area (Å²) < 4.78 is 13.2. The number of hydrogen-bond acceptors (Lipinski definition) is 2. The van der Waals surface area contributed by atoms with E-state index >= 15 is 0 Å². The predicted molar refractivity (Wildman–Crippen MR) is 222 cm³/mol. The van der Waals surface area contributed by atoms with Crippen LogP contribution in [0.15, 0.2) is 167 Å². The molecule has 2 heteroatoms. The van der Waals surface area contributed by atoms with Crippen LogP contribution in [-0.2, 0) is 5.41 Å². The molecular formula is C51H32O2. The van der Waals surface area contributed by atoms with Gasteiger partial charge in [0.05, 0.1) is 0 Å². The van der Waals surface area contributed by atoms with Gasteiger partial charge in [-0.25, -0.2) is 0 Å². The molecule has 2 aromatic heterocycles. The smallest absolute Gasteiger partial charge is 0.136 e. The maximum Gasteiger partial charge on any atom is 0.136 e. The van der Waals surface area contributed by atoms with E-state index in [1.165, 1.54) is 87.6 Å². The second-order valence-electron chi connectivity index (χ2n) is 15.1. The third-order valence-electron chi connectivity index (χ3n) is 12.0. The van der Waals surface area contributed by atoms with E-state index in [1.807, 2.05) is 12.1 Å². The number of para-hydroxylation sites is 1. The first-order valence-corrected chi connectivity index (χ1v) is 18.4. The average Bonchev–Trinajstić information content (AvgIpc) is 3.84. The molecule has 0 aliphatic heterocycles. The molecule has 0 saturated heterocycles. The average molecular weight is 677 g/mol. The Morgan fingerprint density at radius 1 is 0.377 bits per heavy atom. The van der Waals surface area contributed by atoms with Gasteiger partial charge in [0.25, 0.3) is 0 Å². The second kappa shape index (κ2) is 10.2. The van der Waals surface area contributed by atoms with Crippen molar-refractivity contribution < 1.29 is 8.83 Å². The SMILES string of the molecule is CC1(C)c2ccccc2-c2c(-c3c4ccccc4c(-c4ccc5oc6ccccc6c5c4)c4ccccc34)cc3oc4ccc5ccccc5c4c3c21. The monoisotopic (exact) mass is 676 g/mol. The molecule has 0 fully saturated rings. The van der Waals surface area contributed by atoms with E-state index in [4.69, 9.17) is 8.83 Å². The summed E-state index contributed by atoms with van der Waals surface area (Å²) in [5.41, 5.74) is 13.6. The maximum absolute atomic E-state index is 6.92. The summed E-state index contributed by atoms with van der Waals surface area (Å²) in [6.07, 6.45) is 0. The molecule has 9 aromatic carbocycles. The fourth-order valence-electron chi connectivity index (χ4n) is 9.79. The van der Waals surface area contributed by atoms with Crippen molar-refractivity contribution in [3.63, 3.8) is 0 Å². The molecule has 0 unspecified atom stereocenters. The van der Waals surface area contributed by atoms with Crippen LogP contribution in [0.3, 0.4) is 0 Å². The number of benzene rings is 9. The van der Waals surface area contributed by atoms with E-state index in [0.717, 1.165) is 33.1 Å². The molecule has 0 N–H and O–H groups in total. The summed E-state index contributed by atoms with van der Waals surface area (Å²) in [5, 5.41) is 12.1. The molecule has 53 heavy (non-hydrogen) atoms. The molecule has 248 valence electrons. The Morgan fingerprint density at radius 3 is 1.74 bits per heavy atom. The molecule has 0 spiro atoms. The van der Waals surface area contributed by atoms with Crippen LogP contribution in [0.5, 0.6) is 0 Å². The first kappa shape index (κ1) is 29.0. The Bertz CT molecular complexity index is 3310. The Labute approximate surface area is 305 Å². The summed E-state index contributed by atoms with van der Waals surface area (Å²) in [4.78, 5) is 0. The van der Waals surface area contributed by atoms with Crippen molar-refractivity contribution in [2.45, 2.75) is 19.3 Å². The van der Waals surface area contributed by atoms with Crippen LogP contribution in [0.4, 0.5) is 0 Å². The van der Waals surface area contributed by atoms with Gasteiger partial charge in [-0.1, -0.05) is 141 Å². The van der Waals surface area contributed by atoms with Crippen molar-refractivity contribution in [1.29, 1.82) is 0 Å². The van der Waals surface area contributed by atoms with Gasteiger partial charge in [0.1, 0.15) is 22.3 Å². The van der Waals surface area contributed by atoms with Crippen LogP contribution in [-0.4, -0.2) is 0 Å². The van der Waals surface area contributed by atoms with Gasteiger partial charge in [-0.05, 0) is 107 Å². The third-order valence-corrected chi connectivity index (χ3v) is 12.0. The quantitative estimate of drug-likeness (QED) is 0.170. The number of rotatable bonds is 2. The van der Waals surface area contributed by atoms with E-state index in [-0.39, 0.29) is 5.41 Å². The van der Waals surface area contributed by atoms with Crippen molar-refractivity contribution in [3.05, 3.63) is 169 Å². The normalized spacial score (nSPS) is 13.6. The highest BCUT2D eigenvalue weighted by atomic mass is 16.3. The highest BCUT2D eigenvalue weighted by molar-refractivity contribution is 6.27. The van der Waals surface area contributed by atoms with Gasteiger partial charge < -0.3 is 8.83 Å². The lowest BCUT2D eigenvalue weighted by molar-refractivity contribution is 0.657. The fraction of sp³-hybridized carbons (Fsp3) is 0.0588. The van der Waals surface area contributed by atoms with E-state index in [1.54, 1.807) is 0 Å². The first-order valence-electron chi connectivity index (χ1n) is 18.4. The second-order valence-corrected chi connectivity index (χ2v) is 15.1. The lowest BCUT2D eigenvalue weighted by Crippen LogP contribution is -2.15. The van der Waals surface area contributed by atoms with Gasteiger partial charge in [0.15, 0.2) is 0 Å². The summed E-state index contributed by atoms with van der Waals surface area (Å²) in [6, 6.07) is 57.3. The third kappa shape index (κ3) is 3.77. The van der Waals surface area contributed by atoms with Crippen LogP contribution in [0.25, 0.3) is 110 Å². The molecule has 12 rings (SSSR count). The Hall–Kier alpha value is -6.64. The lowest BCUT2D eigenvalue weighted by atomic mass is 9.78. The van der Waals surface area contributed by atoms with E-state index in [0.29, 0.717) is 0 Å². The van der Waals surface area contributed by atoms with Crippen LogP contribution in [0, 0.1) is 0 Å². The fourth-order valence-corrected chi connectivity index (χ4v) is 9.79. The zero-order valence-electron chi connectivity index (χ0n) is 29.3. The Morgan fingerprint density at radius 2 is 0.962 bits per heavy atom. The summed E-state index contributed by atoms with van der Waals surface area (Å²) >= 11 is 0. The van der Waals surface area contributed by atoms with Crippen molar-refractivity contribution in [2.75, 3.05) is 0 Å². The first-order chi connectivity index (χ1) is 26.1. The zero-order valence-corrected chi connectivity index (χ0v) is 29.3. The minimum atomic E-state index is -0.248. The van der Waals surface area contributed by atoms with Gasteiger partial charge in [0.2, 0.25) is 0 Å². The molecule has 1 aliphatic rings. The van der Waals surface area contributed by atoms with Crippen molar-refractivity contribution >= 4 is 76.2 Å². The van der Waals surface area contributed by atoms with Crippen molar-refractivity contribution in [1.82, 2.24) is 0 Å². The van der Waals surface area contributed by atoms with Gasteiger partial charge in [-0.3, -0.25) is 0 Å². The number of furan rings is 2.